The summed E-state index contributed by atoms with van der Waals surface area (Å²) < 4.78 is 10.8. The van der Waals surface area contributed by atoms with Gasteiger partial charge >= 0.3 is 5.97 Å². The molecular formula is C30H31N3O5S. The molecule has 0 radical (unpaired) electrons. The van der Waals surface area contributed by atoms with Gasteiger partial charge in [0.05, 0.1) is 23.5 Å². The van der Waals surface area contributed by atoms with Gasteiger partial charge in [0, 0.05) is 27.5 Å². The molecule has 2 aliphatic rings. The minimum atomic E-state index is -0.765. The molecule has 3 N–H and O–H groups in total. The molecule has 5 rings (SSSR count). The summed E-state index contributed by atoms with van der Waals surface area (Å²) in [6.07, 6.45) is 1.44. The topological polar surface area (TPSA) is 106 Å². The number of benzene rings is 3. The third kappa shape index (κ3) is 6.61. The van der Waals surface area contributed by atoms with Crippen LogP contribution in [-0.4, -0.2) is 36.7 Å². The van der Waals surface area contributed by atoms with Gasteiger partial charge in [-0.3, -0.25) is 9.59 Å². The number of nitrogens with one attached hydrogen (secondary N) is 3. The number of rotatable bonds is 8. The fraction of sp³-hybridized carbons (Fsp3) is 0.300. The van der Waals surface area contributed by atoms with E-state index in [1.807, 2.05) is 44.2 Å². The first-order chi connectivity index (χ1) is 18.9. The lowest BCUT2D eigenvalue weighted by atomic mass is 10.0. The number of hydrogen-bond donors (Lipinski definition) is 3. The van der Waals surface area contributed by atoms with Crippen molar-refractivity contribution in [3.8, 4) is 0 Å². The van der Waals surface area contributed by atoms with Crippen molar-refractivity contribution in [3.05, 3.63) is 77.9 Å². The highest BCUT2D eigenvalue weighted by molar-refractivity contribution is 7.99. The lowest BCUT2D eigenvalue weighted by molar-refractivity contribution is -0.118. The largest absolute Gasteiger partial charge is 0.432 e. The number of hydrogen-bond acceptors (Lipinski definition) is 7. The van der Waals surface area contributed by atoms with Gasteiger partial charge in [0.2, 0.25) is 12.2 Å². The van der Waals surface area contributed by atoms with Crippen LogP contribution >= 0.6 is 11.8 Å². The van der Waals surface area contributed by atoms with Gasteiger partial charge in [-0.2, -0.15) is 0 Å². The molecule has 3 aromatic rings. The van der Waals surface area contributed by atoms with E-state index < -0.39 is 18.3 Å². The van der Waals surface area contributed by atoms with Crippen LogP contribution in [0.4, 0.5) is 17.1 Å². The fourth-order valence-electron chi connectivity index (χ4n) is 4.51. The number of anilines is 3. The zero-order chi connectivity index (χ0) is 27.4. The first-order valence-electron chi connectivity index (χ1n) is 13.1. The normalized spacial score (nSPS) is 16.4. The summed E-state index contributed by atoms with van der Waals surface area (Å²) in [5.74, 6) is -1.04. The molecule has 39 heavy (non-hydrogen) atoms. The Hall–Kier alpha value is -3.82. The molecule has 0 aromatic heterocycles. The minimum absolute atomic E-state index is 0.159. The SMILES string of the molecule is CC(C)C[C@H](NC(=O)c1ccc2c(c1)Nc1ccccc1S2)C(=O)Nc1cccc(C(=O)OC2CCCO2)c1. The molecule has 2 aliphatic heterocycles. The van der Waals surface area contributed by atoms with E-state index in [2.05, 4.69) is 16.0 Å². The highest BCUT2D eigenvalue weighted by atomic mass is 32.2. The van der Waals surface area contributed by atoms with Crippen molar-refractivity contribution in [1.29, 1.82) is 0 Å². The molecule has 1 unspecified atom stereocenters. The van der Waals surface area contributed by atoms with E-state index in [0.29, 0.717) is 36.3 Å². The molecule has 2 heterocycles. The molecule has 0 aliphatic carbocycles. The summed E-state index contributed by atoms with van der Waals surface area (Å²) in [6.45, 7) is 4.56. The van der Waals surface area contributed by atoms with Crippen LogP contribution < -0.4 is 16.0 Å². The molecule has 0 bridgehead atoms. The first-order valence-corrected chi connectivity index (χ1v) is 13.9. The second-order valence-corrected chi connectivity index (χ2v) is 11.1. The van der Waals surface area contributed by atoms with Gasteiger partial charge in [0.1, 0.15) is 6.04 Å². The van der Waals surface area contributed by atoms with E-state index in [-0.39, 0.29) is 17.7 Å². The van der Waals surface area contributed by atoms with Crippen LogP contribution in [0.2, 0.25) is 0 Å². The van der Waals surface area contributed by atoms with Crippen molar-refractivity contribution in [2.45, 2.75) is 55.2 Å². The Labute approximate surface area is 231 Å². The number of ether oxygens (including phenoxy) is 2. The van der Waals surface area contributed by atoms with Gasteiger partial charge in [-0.25, -0.2) is 4.79 Å². The molecular weight excluding hydrogens is 514 g/mol. The zero-order valence-corrected chi connectivity index (χ0v) is 22.7. The summed E-state index contributed by atoms with van der Waals surface area (Å²) in [5.41, 5.74) is 3.06. The molecule has 9 heteroatoms. The second-order valence-electron chi connectivity index (χ2n) is 10.0. The van der Waals surface area contributed by atoms with Crippen LogP contribution in [0, 0.1) is 5.92 Å². The number of esters is 1. The molecule has 1 saturated heterocycles. The summed E-state index contributed by atoms with van der Waals surface area (Å²) in [4.78, 5) is 41.2. The maximum atomic E-state index is 13.3. The zero-order valence-electron chi connectivity index (χ0n) is 21.9. The Morgan fingerprint density at radius 3 is 2.62 bits per heavy atom. The predicted molar refractivity (Wildman–Crippen MR) is 150 cm³/mol. The second kappa shape index (κ2) is 11.9. The molecule has 202 valence electrons. The van der Waals surface area contributed by atoms with Crippen LogP contribution in [0.3, 0.4) is 0 Å². The Bertz CT molecular complexity index is 1390. The van der Waals surface area contributed by atoms with Crippen molar-refractivity contribution < 1.29 is 23.9 Å². The fourth-order valence-corrected chi connectivity index (χ4v) is 5.48. The third-order valence-electron chi connectivity index (χ3n) is 6.44. The summed E-state index contributed by atoms with van der Waals surface area (Å²) in [6, 6.07) is 19.3. The Kier molecular flexibility index (Phi) is 8.18. The van der Waals surface area contributed by atoms with E-state index in [1.165, 1.54) is 0 Å². The van der Waals surface area contributed by atoms with Gasteiger partial charge in [-0.1, -0.05) is 43.8 Å². The van der Waals surface area contributed by atoms with Crippen LogP contribution in [0.25, 0.3) is 0 Å². The summed E-state index contributed by atoms with van der Waals surface area (Å²) >= 11 is 1.64. The third-order valence-corrected chi connectivity index (χ3v) is 7.59. The van der Waals surface area contributed by atoms with Crippen LogP contribution in [-0.2, 0) is 14.3 Å². The van der Waals surface area contributed by atoms with Gasteiger partial charge in [-0.15, -0.1) is 0 Å². The number of carbonyl (C=O) groups is 3. The molecule has 2 atom stereocenters. The number of carbonyl (C=O) groups excluding carboxylic acids is 3. The average molecular weight is 546 g/mol. The number of fused-ring (bicyclic) bond motifs is 2. The highest BCUT2D eigenvalue weighted by Crippen LogP contribution is 2.44. The van der Waals surface area contributed by atoms with Gasteiger partial charge < -0.3 is 25.4 Å². The quantitative estimate of drug-likeness (QED) is 0.234. The average Bonchev–Trinajstić information content (AvgIpc) is 3.44. The number of para-hydroxylation sites is 1. The lowest BCUT2D eigenvalue weighted by Gasteiger charge is -2.23. The van der Waals surface area contributed by atoms with Gasteiger partial charge in [-0.05, 0) is 67.3 Å². The van der Waals surface area contributed by atoms with E-state index in [0.717, 1.165) is 27.6 Å². The summed E-state index contributed by atoms with van der Waals surface area (Å²) in [5, 5.41) is 9.14. The van der Waals surface area contributed by atoms with Crippen molar-refractivity contribution in [2.75, 3.05) is 17.2 Å². The van der Waals surface area contributed by atoms with Crippen LogP contribution in [0.15, 0.2) is 76.5 Å². The monoisotopic (exact) mass is 545 g/mol. The smallest absolute Gasteiger partial charge is 0.340 e. The standard InChI is InChI=1S/C30H31N3O5S/c1-18(2)15-24(29(35)31-21-8-5-7-20(16-21)30(36)38-27-11-6-14-37-27)33-28(34)19-12-13-26-23(17-19)32-22-9-3-4-10-25(22)39-26/h3-5,7-10,12-13,16-18,24,27,32H,6,11,14-15H2,1-2H3,(H,31,35)(H,33,34)/t24-,27?/m0/s1. The summed E-state index contributed by atoms with van der Waals surface area (Å²) in [7, 11) is 0. The molecule has 2 amide bonds. The van der Waals surface area contributed by atoms with Crippen LogP contribution in [0.5, 0.6) is 0 Å². The Morgan fingerprint density at radius 1 is 1.00 bits per heavy atom. The van der Waals surface area contributed by atoms with Crippen molar-refractivity contribution >= 4 is 46.6 Å². The Morgan fingerprint density at radius 2 is 1.82 bits per heavy atom. The maximum absolute atomic E-state index is 13.3. The first kappa shape index (κ1) is 26.8. The predicted octanol–water partition coefficient (Wildman–Crippen LogP) is 5.97. The van der Waals surface area contributed by atoms with Crippen molar-refractivity contribution in [2.24, 2.45) is 5.92 Å². The highest BCUT2D eigenvalue weighted by Gasteiger charge is 2.25. The molecule has 3 aromatic carbocycles. The molecule has 0 saturated carbocycles. The van der Waals surface area contributed by atoms with Crippen molar-refractivity contribution in [3.63, 3.8) is 0 Å². The van der Waals surface area contributed by atoms with E-state index in [1.54, 1.807) is 48.2 Å². The lowest BCUT2D eigenvalue weighted by Crippen LogP contribution is -2.44. The van der Waals surface area contributed by atoms with Crippen molar-refractivity contribution in [1.82, 2.24) is 5.32 Å². The molecule has 8 nitrogen and oxygen atoms in total. The minimum Gasteiger partial charge on any atom is -0.432 e. The maximum Gasteiger partial charge on any atom is 0.340 e. The molecule has 0 spiro atoms. The van der Waals surface area contributed by atoms with Crippen LogP contribution in [0.1, 0.15) is 53.8 Å². The van der Waals surface area contributed by atoms with E-state index in [9.17, 15) is 14.4 Å². The van der Waals surface area contributed by atoms with E-state index >= 15 is 0 Å². The van der Waals surface area contributed by atoms with Gasteiger partial charge in [0.15, 0.2) is 0 Å². The van der Waals surface area contributed by atoms with Gasteiger partial charge in [0.25, 0.3) is 5.91 Å². The molecule has 1 fully saturated rings. The Balaban J connectivity index is 1.26. The number of amides is 2. The van der Waals surface area contributed by atoms with E-state index in [4.69, 9.17) is 9.47 Å².